The van der Waals surface area contributed by atoms with Gasteiger partial charge in [-0.2, -0.15) is 0 Å². The molecule has 1 aromatic heterocycles. The lowest BCUT2D eigenvalue weighted by Crippen LogP contribution is -2.28. The molecule has 0 fully saturated rings. The highest BCUT2D eigenvalue weighted by Crippen LogP contribution is 2.18. The zero-order valence-electron chi connectivity index (χ0n) is 9.31. The molecule has 5 nitrogen and oxygen atoms in total. The topological polar surface area (TPSA) is 59.8 Å². The van der Waals surface area contributed by atoms with E-state index in [1.165, 1.54) is 0 Å². The van der Waals surface area contributed by atoms with Gasteiger partial charge in [-0.25, -0.2) is 0 Å². The Labute approximate surface area is 126 Å². The minimum atomic E-state index is -0.0826. The van der Waals surface area contributed by atoms with Crippen LogP contribution in [-0.2, 0) is 6.54 Å². The van der Waals surface area contributed by atoms with Gasteiger partial charge in [-0.1, -0.05) is 21.1 Å². The molecular weight excluding hydrogens is 411 g/mol. The molecule has 2 rings (SSSR count). The van der Waals surface area contributed by atoms with Gasteiger partial charge in [0.25, 0.3) is 5.91 Å². The number of hydrogen-bond acceptors (Lipinski definition) is 3. The summed E-state index contributed by atoms with van der Waals surface area (Å²) in [5.41, 5.74) is 0.670. The Morgan fingerprint density at radius 3 is 3.06 bits per heavy atom. The number of halogens is 2. The Kier molecular flexibility index (Phi) is 4.70. The Morgan fingerprint density at radius 1 is 1.50 bits per heavy atom. The van der Waals surface area contributed by atoms with E-state index in [-0.39, 0.29) is 5.91 Å². The molecule has 94 valence electrons. The first kappa shape index (κ1) is 13.5. The van der Waals surface area contributed by atoms with Crippen LogP contribution >= 0.6 is 38.5 Å². The Bertz CT molecular complexity index is 544. The smallest absolute Gasteiger partial charge is 0.252 e. The Hall–Kier alpha value is -0.960. The third kappa shape index (κ3) is 3.52. The van der Waals surface area contributed by atoms with Crippen molar-refractivity contribution in [3.8, 4) is 0 Å². The maximum atomic E-state index is 12.0. The molecule has 1 N–H and O–H groups in total. The fourth-order valence-electron chi connectivity index (χ4n) is 1.40. The van der Waals surface area contributed by atoms with Gasteiger partial charge < -0.3 is 5.32 Å². The van der Waals surface area contributed by atoms with E-state index >= 15 is 0 Å². The van der Waals surface area contributed by atoms with Crippen molar-refractivity contribution in [2.45, 2.75) is 6.54 Å². The SMILES string of the molecule is O=C(NCCn1ccnn1)c1cc(Br)ccc1I. The van der Waals surface area contributed by atoms with Crippen LogP contribution in [-0.4, -0.2) is 27.4 Å². The monoisotopic (exact) mass is 420 g/mol. The number of nitrogens with zero attached hydrogens (tertiary/aromatic N) is 3. The minimum Gasteiger partial charge on any atom is -0.350 e. The van der Waals surface area contributed by atoms with Crippen molar-refractivity contribution in [2.75, 3.05) is 6.54 Å². The van der Waals surface area contributed by atoms with Crippen LogP contribution in [0.5, 0.6) is 0 Å². The molecule has 18 heavy (non-hydrogen) atoms. The highest BCUT2D eigenvalue weighted by atomic mass is 127. The summed E-state index contributed by atoms with van der Waals surface area (Å²) in [7, 11) is 0. The summed E-state index contributed by atoms with van der Waals surface area (Å²) in [5.74, 6) is -0.0826. The predicted molar refractivity (Wildman–Crippen MR) is 79.2 cm³/mol. The van der Waals surface area contributed by atoms with Crippen LogP contribution in [0, 0.1) is 3.57 Å². The standard InChI is InChI=1S/C11H10BrIN4O/c12-8-1-2-10(13)9(7-8)11(18)14-3-5-17-6-4-15-16-17/h1-2,4,6-7H,3,5H2,(H,14,18). The van der Waals surface area contributed by atoms with Gasteiger partial charge in [0.15, 0.2) is 0 Å². The summed E-state index contributed by atoms with van der Waals surface area (Å²) in [6, 6.07) is 5.62. The zero-order chi connectivity index (χ0) is 13.0. The molecule has 0 saturated carbocycles. The van der Waals surface area contributed by atoms with Crippen molar-refractivity contribution in [1.29, 1.82) is 0 Å². The number of hydrogen-bond donors (Lipinski definition) is 1. The first-order chi connectivity index (χ1) is 8.66. The number of carbonyl (C=O) groups excluding carboxylic acids is 1. The van der Waals surface area contributed by atoms with E-state index < -0.39 is 0 Å². The fourth-order valence-corrected chi connectivity index (χ4v) is 2.34. The number of benzene rings is 1. The summed E-state index contributed by atoms with van der Waals surface area (Å²) in [6.07, 6.45) is 3.37. The predicted octanol–water partition coefficient (Wildman–Crippen LogP) is 2.08. The molecule has 0 unspecified atom stereocenters. The van der Waals surface area contributed by atoms with Gasteiger partial charge in [-0.3, -0.25) is 9.48 Å². The van der Waals surface area contributed by atoms with E-state index in [0.717, 1.165) is 8.04 Å². The molecule has 0 aliphatic carbocycles. The zero-order valence-corrected chi connectivity index (χ0v) is 13.1. The number of rotatable bonds is 4. The summed E-state index contributed by atoms with van der Waals surface area (Å²) in [4.78, 5) is 12.0. The minimum absolute atomic E-state index is 0.0826. The summed E-state index contributed by atoms with van der Waals surface area (Å²) < 4.78 is 3.49. The average Bonchev–Trinajstić information content (AvgIpc) is 2.85. The normalized spacial score (nSPS) is 10.3. The van der Waals surface area contributed by atoms with Gasteiger partial charge in [-0.05, 0) is 40.8 Å². The molecule has 0 atom stereocenters. The van der Waals surface area contributed by atoms with Crippen LogP contribution in [0.3, 0.4) is 0 Å². The second-order valence-corrected chi connectivity index (χ2v) is 5.62. The molecule has 0 bridgehead atoms. The number of amides is 1. The van der Waals surface area contributed by atoms with E-state index in [1.807, 2.05) is 18.2 Å². The molecule has 0 aliphatic rings. The van der Waals surface area contributed by atoms with Gasteiger partial charge >= 0.3 is 0 Å². The average molecular weight is 421 g/mol. The second kappa shape index (κ2) is 6.28. The number of nitrogens with one attached hydrogen (secondary N) is 1. The summed E-state index contributed by atoms with van der Waals surface area (Å²) in [6.45, 7) is 1.13. The molecule has 0 saturated heterocycles. The van der Waals surface area contributed by atoms with E-state index in [4.69, 9.17) is 0 Å². The molecule has 2 aromatic rings. The van der Waals surface area contributed by atoms with Crippen LogP contribution < -0.4 is 5.32 Å². The quantitative estimate of drug-likeness (QED) is 0.770. The van der Waals surface area contributed by atoms with Crippen molar-refractivity contribution in [2.24, 2.45) is 0 Å². The van der Waals surface area contributed by atoms with Crippen LogP contribution in [0.4, 0.5) is 0 Å². The van der Waals surface area contributed by atoms with Gasteiger partial charge in [0.2, 0.25) is 0 Å². The maximum absolute atomic E-state index is 12.0. The van der Waals surface area contributed by atoms with Crippen molar-refractivity contribution < 1.29 is 4.79 Å². The van der Waals surface area contributed by atoms with Crippen LogP contribution in [0.15, 0.2) is 35.1 Å². The first-order valence-electron chi connectivity index (χ1n) is 5.24. The van der Waals surface area contributed by atoms with Crippen LogP contribution in [0.25, 0.3) is 0 Å². The lowest BCUT2D eigenvalue weighted by atomic mass is 10.2. The first-order valence-corrected chi connectivity index (χ1v) is 7.11. The molecule has 1 aromatic carbocycles. The van der Waals surface area contributed by atoms with E-state index in [9.17, 15) is 4.79 Å². The fraction of sp³-hybridized carbons (Fsp3) is 0.182. The molecule has 1 amide bonds. The van der Waals surface area contributed by atoms with E-state index in [2.05, 4.69) is 54.1 Å². The van der Waals surface area contributed by atoms with Gasteiger partial charge in [-0.15, -0.1) is 5.10 Å². The lowest BCUT2D eigenvalue weighted by Gasteiger charge is -2.07. The number of aromatic nitrogens is 3. The van der Waals surface area contributed by atoms with E-state index in [0.29, 0.717) is 18.7 Å². The van der Waals surface area contributed by atoms with Crippen molar-refractivity contribution in [3.05, 3.63) is 44.2 Å². The molecular formula is C11H10BrIN4O. The molecule has 0 aliphatic heterocycles. The third-order valence-corrected chi connectivity index (χ3v) is 3.71. The third-order valence-electron chi connectivity index (χ3n) is 2.27. The van der Waals surface area contributed by atoms with Crippen LogP contribution in [0.1, 0.15) is 10.4 Å². The lowest BCUT2D eigenvalue weighted by molar-refractivity contribution is 0.0951. The van der Waals surface area contributed by atoms with Crippen molar-refractivity contribution in [3.63, 3.8) is 0 Å². The van der Waals surface area contributed by atoms with Crippen LogP contribution in [0.2, 0.25) is 0 Å². The van der Waals surface area contributed by atoms with Crippen molar-refractivity contribution >= 4 is 44.4 Å². The maximum Gasteiger partial charge on any atom is 0.252 e. The van der Waals surface area contributed by atoms with Gasteiger partial charge in [0.05, 0.1) is 18.3 Å². The van der Waals surface area contributed by atoms with Gasteiger partial charge in [0.1, 0.15) is 0 Å². The Balaban J connectivity index is 1.93. The number of carbonyl (C=O) groups is 1. The van der Waals surface area contributed by atoms with Crippen molar-refractivity contribution in [1.82, 2.24) is 20.3 Å². The highest BCUT2D eigenvalue weighted by molar-refractivity contribution is 14.1. The summed E-state index contributed by atoms with van der Waals surface area (Å²) in [5, 5.41) is 10.4. The van der Waals surface area contributed by atoms with Gasteiger partial charge in [0, 0.05) is 20.8 Å². The molecule has 1 heterocycles. The second-order valence-electron chi connectivity index (χ2n) is 3.55. The van der Waals surface area contributed by atoms with E-state index in [1.54, 1.807) is 17.1 Å². The largest absolute Gasteiger partial charge is 0.350 e. The molecule has 0 spiro atoms. The molecule has 0 radical (unpaired) electrons. The molecule has 7 heteroatoms. The summed E-state index contributed by atoms with van der Waals surface area (Å²) >= 11 is 5.50. The Morgan fingerprint density at radius 2 is 2.33 bits per heavy atom. The highest BCUT2D eigenvalue weighted by Gasteiger charge is 2.09.